The molecule has 1 N–H and O–H groups in total. The standard InChI is InChI=1S/C18H12Cl2N2O3/c19-17-8-12(9-18(20)21-17)6-11-4-5-16(23)15(7-11)13-2-1-3-14(10-13)22(24)25/h1-5,7-10,23H,6H2. The number of rotatable bonds is 4. The second-order valence-corrected chi connectivity index (χ2v) is 6.23. The third-order valence-electron chi connectivity index (χ3n) is 3.66. The number of nitro groups is 1. The molecule has 7 heteroatoms. The zero-order chi connectivity index (χ0) is 18.0. The van der Waals surface area contributed by atoms with Crippen LogP contribution in [-0.4, -0.2) is 15.0 Å². The Morgan fingerprint density at radius 1 is 1.00 bits per heavy atom. The molecule has 0 saturated heterocycles. The van der Waals surface area contributed by atoms with Gasteiger partial charge in [-0.3, -0.25) is 10.1 Å². The van der Waals surface area contributed by atoms with Gasteiger partial charge in [0.25, 0.3) is 5.69 Å². The highest BCUT2D eigenvalue weighted by Crippen LogP contribution is 2.32. The number of nitro benzene ring substituents is 1. The zero-order valence-electron chi connectivity index (χ0n) is 12.8. The molecule has 3 rings (SSSR count). The van der Waals surface area contributed by atoms with Crippen molar-refractivity contribution in [2.24, 2.45) is 0 Å². The maximum absolute atomic E-state index is 11.0. The average Bonchev–Trinajstić information content (AvgIpc) is 2.56. The molecule has 5 nitrogen and oxygen atoms in total. The molecule has 0 bridgehead atoms. The fourth-order valence-corrected chi connectivity index (χ4v) is 3.07. The lowest BCUT2D eigenvalue weighted by Crippen LogP contribution is -1.92. The molecule has 0 aliphatic carbocycles. The molecule has 0 unspecified atom stereocenters. The van der Waals surface area contributed by atoms with E-state index in [0.29, 0.717) is 27.9 Å². The highest BCUT2D eigenvalue weighted by atomic mass is 35.5. The molecule has 0 fully saturated rings. The van der Waals surface area contributed by atoms with Gasteiger partial charge in [-0.1, -0.05) is 41.4 Å². The van der Waals surface area contributed by atoms with Crippen molar-refractivity contribution in [1.82, 2.24) is 4.98 Å². The number of halogens is 2. The highest BCUT2D eigenvalue weighted by molar-refractivity contribution is 6.32. The first kappa shape index (κ1) is 17.2. The van der Waals surface area contributed by atoms with E-state index in [1.807, 2.05) is 0 Å². The van der Waals surface area contributed by atoms with Crippen LogP contribution in [0.15, 0.2) is 54.6 Å². The summed E-state index contributed by atoms with van der Waals surface area (Å²) in [4.78, 5) is 14.4. The molecule has 0 aliphatic rings. The second-order valence-electron chi connectivity index (χ2n) is 5.46. The van der Waals surface area contributed by atoms with E-state index in [1.165, 1.54) is 12.1 Å². The Balaban J connectivity index is 1.98. The van der Waals surface area contributed by atoms with E-state index in [1.54, 1.807) is 42.5 Å². The Bertz CT molecular complexity index is 941. The Hall–Kier alpha value is -2.63. The number of phenolic OH excluding ortho intramolecular Hbond substituents is 1. The molecule has 0 amide bonds. The van der Waals surface area contributed by atoms with Crippen molar-refractivity contribution in [2.45, 2.75) is 6.42 Å². The van der Waals surface area contributed by atoms with Crippen LogP contribution in [0.5, 0.6) is 5.75 Å². The van der Waals surface area contributed by atoms with E-state index in [2.05, 4.69) is 4.98 Å². The highest BCUT2D eigenvalue weighted by Gasteiger charge is 2.11. The largest absolute Gasteiger partial charge is 0.507 e. The zero-order valence-corrected chi connectivity index (χ0v) is 14.3. The monoisotopic (exact) mass is 374 g/mol. The van der Waals surface area contributed by atoms with Crippen LogP contribution in [0.25, 0.3) is 11.1 Å². The van der Waals surface area contributed by atoms with Crippen molar-refractivity contribution >= 4 is 28.9 Å². The first-order valence-corrected chi connectivity index (χ1v) is 8.06. The fraction of sp³-hybridized carbons (Fsp3) is 0.0556. The maximum atomic E-state index is 11.0. The van der Waals surface area contributed by atoms with E-state index in [4.69, 9.17) is 23.2 Å². The summed E-state index contributed by atoms with van der Waals surface area (Å²) in [7, 11) is 0. The molecule has 0 aliphatic heterocycles. The molecule has 0 spiro atoms. The minimum Gasteiger partial charge on any atom is -0.507 e. The average molecular weight is 375 g/mol. The molecule has 1 aromatic heterocycles. The van der Waals surface area contributed by atoms with Gasteiger partial charge in [-0.05, 0) is 47.4 Å². The Kier molecular flexibility index (Phi) is 4.88. The predicted octanol–water partition coefficient (Wildman–Crippen LogP) is 5.26. The van der Waals surface area contributed by atoms with Gasteiger partial charge in [0.15, 0.2) is 0 Å². The minimum absolute atomic E-state index is 0.0324. The van der Waals surface area contributed by atoms with E-state index in [9.17, 15) is 15.2 Å². The van der Waals surface area contributed by atoms with Crippen molar-refractivity contribution in [2.75, 3.05) is 0 Å². The molecule has 0 atom stereocenters. The summed E-state index contributed by atoms with van der Waals surface area (Å²) >= 11 is 11.8. The second kappa shape index (κ2) is 7.09. The number of hydrogen-bond acceptors (Lipinski definition) is 4. The van der Waals surface area contributed by atoms with Crippen LogP contribution in [0.2, 0.25) is 10.3 Å². The Morgan fingerprint density at radius 3 is 2.40 bits per heavy atom. The topological polar surface area (TPSA) is 76.3 Å². The third kappa shape index (κ3) is 4.07. The number of phenols is 1. The van der Waals surface area contributed by atoms with Crippen molar-refractivity contribution < 1.29 is 10.0 Å². The Labute approximate surface area is 153 Å². The van der Waals surface area contributed by atoms with Crippen molar-refractivity contribution in [3.63, 3.8) is 0 Å². The van der Waals surface area contributed by atoms with Crippen molar-refractivity contribution in [1.29, 1.82) is 0 Å². The molecule has 0 radical (unpaired) electrons. The molecule has 126 valence electrons. The third-order valence-corrected chi connectivity index (χ3v) is 4.05. The molecule has 25 heavy (non-hydrogen) atoms. The van der Waals surface area contributed by atoms with E-state index in [0.717, 1.165) is 11.1 Å². The smallest absolute Gasteiger partial charge is 0.270 e. The van der Waals surface area contributed by atoms with Gasteiger partial charge in [0.1, 0.15) is 16.1 Å². The Morgan fingerprint density at radius 2 is 1.72 bits per heavy atom. The molecular weight excluding hydrogens is 363 g/mol. The lowest BCUT2D eigenvalue weighted by molar-refractivity contribution is -0.384. The van der Waals surface area contributed by atoms with E-state index >= 15 is 0 Å². The number of pyridine rings is 1. The molecule has 1 heterocycles. The van der Waals surface area contributed by atoms with Gasteiger partial charge in [-0.15, -0.1) is 0 Å². The summed E-state index contributed by atoms with van der Waals surface area (Å²) in [5.74, 6) is 0.0510. The summed E-state index contributed by atoms with van der Waals surface area (Å²) in [6.07, 6.45) is 0.532. The van der Waals surface area contributed by atoms with Crippen molar-refractivity contribution in [3.05, 3.63) is 86.1 Å². The van der Waals surface area contributed by atoms with E-state index < -0.39 is 4.92 Å². The first-order valence-electron chi connectivity index (χ1n) is 7.31. The van der Waals surface area contributed by atoms with Crippen LogP contribution in [0, 0.1) is 10.1 Å². The van der Waals surface area contributed by atoms with Gasteiger partial charge in [0, 0.05) is 17.7 Å². The van der Waals surface area contributed by atoms with Gasteiger partial charge in [-0.25, -0.2) is 4.98 Å². The quantitative estimate of drug-likeness (QED) is 0.383. The van der Waals surface area contributed by atoms with Gasteiger partial charge >= 0.3 is 0 Å². The molecular formula is C18H12Cl2N2O3. The van der Waals surface area contributed by atoms with Crippen LogP contribution in [0.3, 0.4) is 0 Å². The lowest BCUT2D eigenvalue weighted by atomic mass is 9.98. The summed E-state index contributed by atoms with van der Waals surface area (Å²) in [6.45, 7) is 0. The minimum atomic E-state index is -0.467. The maximum Gasteiger partial charge on any atom is 0.270 e. The van der Waals surface area contributed by atoms with Crippen LogP contribution in [0.4, 0.5) is 5.69 Å². The number of non-ortho nitro benzene ring substituents is 1. The van der Waals surface area contributed by atoms with Crippen LogP contribution >= 0.6 is 23.2 Å². The van der Waals surface area contributed by atoms with Crippen molar-refractivity contribution in [3.8, 4) is 16.9 Å². The SMILES string of the molecule is O=[N+]([O-])c1cccc(-c2cc(Cc3cc(Cl)nc(Cl)c3)ccc2O)c1. The predicted molar refractivity (Wildman–Crippen MR) is 97.3 cm³/mol. The molecule has 3 aromatic rings. The number of aromatic nitrogens is 1. The van der Waals surface area contributed by atoms with Crippen LogP contribution in [-0.2, 0) is 6.42 Å². The van der Waals surface area contributed by atoms with Crippen LogP contribution < -0.4 is 0 Å². The first-order chi connectivity index (χ1) is 11.9. The number of aromatic hydroxyl groups is 1. The number of nitrogens with zero attached hydrogens (tertiary/aromatic N) is 2. The van der Waals surface area contributed by atoms with Crippen LogP contribution in [0.1, 0.15) is 11.1 Å². The van der Waals surface area contributed by atoms with Gasteiger partial charge in [0.05, 0.1) is 4.92 Å². The van der Waals surface area contributed by atoms with E-state index in [-0.39, 0.29) is 11.4 Å². The number of benzene rings is 2. The van der Waals surface area contributed by atoms with Gasteiger partial charge in [-0.2, -0.15) is 0 Å². The fourth-order valence-electron chi connectivity index (χ4n) is 2.56. The number of hydrogen-bond donors (Lipinski definition) is 1. The normalized spacial score (nSPS) is 10.6. The molecule has 0 saturated carbocycles. The summed E-state index contributed by atoms with van der Waals surface area (Å²) in [5, 5.41) is 21.7. The summed E-state index contributed by atoms with van der Waals surface area (Å²) in [5.41, 5.74) is 2.83. The molecule has 2 aromatic carbocycles. The summed E-state index contributed by atoms with van der Waals surface area (Å²) < 4.78 is 0. The van der Waals surface area contributed by atoms with Gasteiger partial charge in [0.2, 0.25) is 0 Å². The summed E-state index contributed by atoms with van der Waals surface area (Å²) in [6, 6.07) is 14.7. The van der Waals surface area contributed by atoms with Gasteiger partial charge < -0.3 is 5.11 Å². The lowest BCUT2D eigenvalue weighted by Gasteiger charge is -2.09.